The Kier molecular flexibility index (Phi) is 8.89. The van der Waals surface area contributed by atoms with Gasteiger partial charge in [-0.15, -0.1) is 11.3 Å². The van der Waals surface area contributed by atoms with Crippen molar-refractivity contribution >= 4 is 29.0 Å². The number of carbonyl (C=O) groups is 2. The van der Waals surface area contributed by atoms with Crippen molar-refractivity contribution in [3.63, 3.8) is 0 Å². The number of rotatable bonds is 10. The van der Waals surface area contributed by atoms with E-state index in [0.29, 0.717) is 24.5 Å². The van der Waals surface area contributed by atoms with E-state index in [1.807, 2.05) is 49.6 Å². The van der Waals surface area contributed by atoms with Crippen molar-refractivity contribution in [3.05, 3.63) is 46.2 Å². The van der Waals surface area contributed by atoms with Crippen molar-refractivity contribution in [3.8, 4) is 11.5 Å². The van der Waals surface area contributed by atoms with Gasteiger partial charge in [0.2, 0.25) is 0 Å². The molecule has 0 bridgehead atoms. The highest BCUT2D eigenvalue weighted by Gasteiger charge is 2.35. The Morgan fingerprint density at radius 1 is 1.21 bits per heavy atom. The number of benzene rings is 1. The Labute approximate surface area is 204 Å². The molecule has 3 rings (SSSR count). The molecule has 0 unspecified atom stereocenters. The summed E-state index contributed by atoms with van der Waals surface area (Å²) in [4.78, 5) is 28.6. The molecular weight excluding hydrogens is 456 g/mol. The number of hydrogen-bond donors (Lipinski definition) is 1. The molecule has 3 amide bonds. The third-order valence-corrected chi connectivity index (χ3v) is 6.27. The van der Waals surface area contributed by atoms with Gasteiger partial charge in [0, 0.05) is 26.1 Å². The molecule has 1 aliphatic rings. The molecule has 2 aromatic rings. The minimum Gasteiger partial charge on any atom is -0.493 e. The van der Waals surface area contributed by atoms with Crippen molar-refractivity contribution in [2.75, 3.05) is 41.0 Å². The van der Waals surface area contributed by atoms with Gasteiger partial charge < -0.3 is 24.4 Å². The van der Waals surface area contributed by atoms with E-state index in [9.17, 15) is 9.59 Å². The normalized spacial score (nSPS) is 15.3. The highest BCUT2D eigenvalue weighted by molar-refractivity contribution is 7.12. The van der Waals surface area contributed by atoms with E-state index in [0.717, 1.165) is 16.2 Å². The molecule has 10 heteroatoms. The number of thiophene rings is 1. The van der Waals surface area contributed by atoms with E-state index in [4.69, 9.17) is 14.2 Å². The van der Waals surface area contributed by atoms with Crippen LogP contribution in [-0.2, 0) is 9.53 Å². The Balaban J connectivity index is 1.90. The number of urea groups is 1. The molecule has 2 heterocycles. The molecule has 1 aliphatic heterocycles. The van der Waals surface area contributed by atoms with Crippen LogP contribution in [0, 0.1) is 0 Å². The Hall–Kier alpha value is -3.11. The molecular formula is C24H32N4O5S. The number of carbonyl (C=O) groups excluding carboxylic acids is 2. The summed E-state index contributed by atoms with van der Waals surface area (Å²) < 4.78 is 16.0. The van der Waals surface area contributed by atoms with Crippen molar-refractivity contribution in [2.24, 2.45) is 5.10 Å². The highest BCUT2D eigenvalue weighted by atomic mass is 32.1. The standard InChI is InChI=1S/C24H32N4O5S/c1-16(2)25-24(30)27(10-11-31-3)15-23(29)28-19(14-18(26-28)22-7-6-12-34-22)17-8-9-20(32-4)21(13-17)33-5/h6-9,12-13,16,19H,10-11,14-15H2,1-5H3,(H,25,30)/t19-/m0/s1. The number of nitrogens with zero attached hydrogens (tertiary/aromatic N) is 3. The van der Waals surface area contributed by atoms with Crippen molar-refractivity contribution in [1.82, 2.24) is 15.2 Å². The average Bonchev–Trinajstić information content (AvgIpc) is 3.50. The summed E-state index contributed by atoms with van der Waals surface area (Å²) >= 11 is 1.58. The molecule has 0 spiro atoms. The lowest BCUT2D eigenvalue weighted by Crippen LogP contribution is -2.48. The van der Waals surface area contributed by atoms with Crippen molar-refractivity contribution < 1.29 is 23.8 Å². The van der Waals surface area contributed by atoms with Crippen LogP contribution in [0.15, 0.2) is 40.8 Å². The molecule has 184 valence electrons. The molecule has 9 nitrogen and oxygen atoms in total. The van der Waals surface area contributed by atoms with E-state index >= 15 is 0 Å². The van der Waals surface area contributed by atoms with Crippen LogP contribution in [0.3, 0.4) is 0 Å². The first-order chi connectivity index (χ1) is 16.4. The van der Waals surface area contributed by atoms with E-state index in [2.05, 4.69) is 10.4 Å². The Morgan fingerprint density at radius 2 is 1.97 bits per heavy atom. The lowest BCUT2D eigenvalue weighted by atomic mass is 10.0. The van der Waals surface area contributed by atoms with E-state index in [-0.39, 0.29) is 37.1 Å². The summed E-state index contributed by atoms with van der Waals surface area (Å²) in [6.07, 6.45) is 0.554. The Bertz CT molecular complexity index is 1010. The van der Waals surface area contributed by atoms with Gasteiger partial charge in [-0.2, -0.15) is 5.10 Å². The third-order valence-electron chi connectivity index (χ3n) is 5.35. The summed E-state index contributed by atoms with van der Waals surface area (Å²) in [5.41, 5.74) is 1.70. The molecule has 0 fully saturated rings. The molecule has 0 saturated heterocycles. The lowest BCUT2D eigenvalue weighted by Gasteiger charge is -2.27. The minimum atomic E-state index is -0.332. The molecule has 34 heavy (non-hydrogen) atoms. The summed E-state index contributed by atoms with van der Waals surface area (Å²) in [6, 6.07) is 8.85. The molecule has 0 radical (unpaired) electrons. The first-order valence-electron chi connectivity index (χ1n) is 11.1. The quantitative estimate of drug-likeness (QED) is 0.553. The van der Waals surface area contributed by atoms with Gasteiger partial charge in [0.1, 0.15) is 6.54 Å². The van der Waals surface area contributed by atoms with Gasteiger partial charge >= 0.3 is 6.03 Å². The average molecular weight is 489 g/mol. The number of hydrogen-bond acceptors (Lipinski definition) is 7. The zero-order valence-electron chi connectivity index (χ0n) is 20.2. The monoisotopic (exact) mass is 488 g/mol. The molecule has 1 N–H and O–H groups in total. The summed E-state index contributed by atoms with van der Waals surface area (Å²) in [6.45, 7) is 4.24. The van der Waals surface area contributed by atoms with Gasteiger partial charge in [-0.05, 0) is 43.0 Å². The van der Waals surface area contributed by atoms with E-state index in [1.54, 1.807) is 32.7 Å². The molecule has 1 aromatic carbocycles. The topological polar surface area (TPSA) is 92.7 Å². The van der Waals surface area contributed by atoms with Crippen LogP contribution in [0.1, 0.15) is 36.8 Å². The van der Waals surface area contributed by atoms with E-state index in [1.165, 1.54) is 9.91 Å². The lowest BCUT2D eigenvalue weighted by molar-refractivity contribution is -0.133. The maximum absolute atomic E-state index is 13.5. The van der Waals surface area contributed by atoms with Gasteiger partial charge in [-0.1, -0.05) is 12.1 Å². The van der Waals surface area contributed by atoms with Crippen LogP contribution in [0.25, 0.3) is 0 Å². The maximum Gasteiger partial charge on any atom is 0.318 e. The fourth-order valence-electron chi connectivity index (χ4n) is 3.68. The van der Waals surface area contributed by atoms with Crippen LogP contribution in [0.4, 0.5) is 4.79 Å². The second kappa shape index (κ2) is 11.8. The predicted octanol–water partition coefficient (Wildman–Crippen LogP) is 3.51. The van der Waals surface area contributed by atoms with Crippen LogP contribution in [0.5, 0.6) is 11.5 Å². The number of amides is 3. The van der Waals surface area contributed by atoms with Gasteiger partial charge in [0.25, 0.3) is 5.91 Å². The highest BCUT2D eigenvalue weighted by Crippen LogP contribution is 2.37. The largest absolute Gasteiger partial charge is 0.493 e. The van der Waals surface area contributed by atoms with Gasteiger partial charge in [0.15, 0.2) is 11.5 Å². The van der Waals surface area contributed by atoms with Gasteiger partial charge in [-0.25, -0.2) is 9.80 Å². The number of hydrazone groups is 1. The summed E-state index contributed by atoms with van der Waals surface area (Å²) in [5.74, 6) is 0.911. The second-order valence-corrected chi connectivity index (χ2v) is 9.06. The van der Waals surface area contributed by atoms with Gasteiger partial charge in [-0.3, -0.25) is 4.79 Å². The maximum atomic E-state index is 13.5. The fourth-order valence-corrected chi connectivity index (χ4v) is 4.40. The third kappa shape index (κ3) is 6.06. The SMILES string of the molecule is COCCN(CC(=O)N1N=C(c2cccs2)C[C@H]1c1ccc(OC)c(OC)c1)C(=O)NC(C)C. The fraction of sp³-hybridized carbons (Fsp3) is 0.458. The van der Waals surface area contributed by atoms with Crippen LogP contribution >= 0.6 is 11.3 Å². The molecule has 1 atom stereocenters. The Morgan fingerprint density at radius 3 is 2.59 bits per heavy atom. The van der Waals surface area contributed by atoms with Crippen LogP contribution in [0.2, 0.25) is 0 Å². The summed E-state index contributed by atoms with van der Waals surface area (Å²) in [5, 5.41) is 11.0. The molecule has 1 aromatic heterocycles. The van der Waals surface area contributed by atoms with Crippen LogP contribution in [-0.4, -0.2) is 74.6 Å². The predicted molar refractivity (Wildman–Crippen MR) is 132 cm³/mol. The van der Waals surface area contributed by atoms with E-state index < -0.39 is 0 Å². The number of methoxy groups -OCH3 is 3. The molecule has 0 saturated carbocycles. The van der Waals surface area contributed by atoms with Crippen LogP contribution < -0.4 is 14.8 Å². The van der Waals surface area contributed by atoms with Gasteiger partial charge in [0.05, 0.1) is 37.5 Å². The zero-order valence-corrected chi connectivity index (χ0v) is 21.1. The summed E-state index contributed by atoms with van der Waals surface area (Å²) in [7, 11) is 4.72. The number of nitrogens with one attached hydrogen (secondary N) is 1. The smallest absolute Gasteiger partial charge is 0.318 e. The van der Waals surface area contributed by atoms with Crippen molar-refractivity contribution in [2.45, 2.75) is 32.4 Å². The second-order valence-electron chi connectivity index (χ2n) is 8.12. The molecule has 0 aliphatic carbocycles. The first-order valence-corrected chi connectivity index (χ1v) is 12.0. The number of ether oxygens (including phenoxy) is 3. The first kappa shape index (κ1) is 25.5. The minimum absolute atomic E-state index is 0.0533. The van der Waals surface area contributed by atoms with Crippen molar-refractivity contribution in [1.29, 1.82) is 0 Å². The zero-order chi connectivity index (χ0) is 24.7.